The third kappa shape index (κ3) is 1.52. The smallest absolute Gasteiger partial charge is 0.277 e. The van der Waals surface area contributed by atoms with Gasteiger partial charge in [0, 0.05) is 18.6 Å². The van der Waals surface area contributed by atoms with Crippen LogP contribution in [0.25, 0.3) is 5.78 Å². The standard InChI is InChI=1S/C9H12N4O2/c1-5-7(3-4-14)8(15)13-9(10-5)11-6(2)12-13/h14H,3-4H2,1-2H3,(H,10,11,12). The van der Waals surface area contributed by atoms with Crippen LogP contribution >= 0.6 is 0 Å². The molecule has 0 unspecified atom stereocenters. The number of hydrogen-bond acceptors (Lipinski definition) is 4. The van der Waals surface area contributed by atoms with Crippen molar-refractivity contribution in [1.29, 1.82) is 0 Å². The Hall–Kier alpha value is -1.69. The zero-order valence-corrected chi connectivity index (χ0v) is 8.61. The molecular formula is C9H12N4O2. The van der Waals surface area contributed by atoms with Crippen LogP contribution in [0.4, 0.5) is 0 Å². The van der Waals surface area contributed by atoms with E-state index in [1.807, 2.05) is 0 Å². The van der Waals surface area contributed by atoms with Crippen LogP contribution in [0.1, 0.15) is 17.1 Å². The van der Waals surface area contributed by atoms with Crippen molar-refractivity contribution in [3.8, 4) is 0 Å². The van der Waals surface area contributed by atoms with Crippen molar-refractivity contribution in [2.45, 2.75) is 20.3 Å². The second-order valence-corrected chi connectivity index (χ2v) is 3.40. The van der Waals surface area contributed by atoms with Crippen molar-refractivity contribution in [2.24, 2.45) is 0 Å². The third-order valence-electron chi connectivity index (χ3n) is 2.27. The Labute approximate surface area is 85.6 Å². The first-order valence-corrected chi connectivity index (χ1v) is 4.69. The van der Waals surface area contributed by atoms with Gasteiger partial charge in [-0.15, -0.1) is 0 Å². The largest absolute Gasteiger partial charge is 0.396 e. The van der Waals surface area contributed by atoms with Crippen molar-refractivity contribution >= 4 is 5.78 Å². The Kier molecular flexibility index (Phi) is 2.28. The number of rotatable bonds is 2. The van der Waals surface area contributed by atoms with Gasteiger partial charge < -0.3 is 5.11 Å². The first-order chi connectivity index (χ1) is 7.13. The molecular weight excluding hydrogens is 196 g/mol. The summed E-state index contributed by atoms with van der Waals surface area (Å²) in [4.78, 5) is 20.1. The SMILES string of the molecule is Cc1nc2nc(C)c(CCO)c(=O)n2[nH]1. The molecule has 2 aromatic heterocycles. The highest BCUT2D eigenvalue weighted by Crippen LogP contribution is 2.02. The lowest BCUT2D eigenvalue weighted by molar-refractivity contribution is 0.298. The van der Waals surface area contributed by atoms with Crippen molar-refractivity contribution in [1.82, 2.24) is 19.6 Å². The lowest BCUT2D eigenvalue weighted by Crippen LogP contribution is -2.22. The van der Waals surface area contributed by atoms with E-state index >= 15 is 0 Å². The van der Waals surface area contributed by atoms with Gasteiger partial charge in [-0.1, -0.05) is 0 Å². The normalized spacial score (nSPS) is 11.1. The van der Waals surface area contributed by atoms with E-state index in [1.165, 1.54) is 4.52 Å². The molecule has 2 N–H and O–H groups in total. The number of hydrogen-bond donors (Lipinski definition) is 2. The Morgan fingerprint density at radius 3 is 2.80 bits per heavy atom. The quantitative estimate of drug-likeness (QED) is 0.701. The topological polar surface area (TPSA) is 83.3 Å². The predicted octanol–water partition coefficient (Wildman–Crippen LogP) is -0.431. The van der Waals surface area contributed by atoms with Crippen LogP contribution in [-0.4, -0.2) is 31.3 Å². The highest BCUT2D eigenvalue weighted by atomic mass is 16.3. The number of aliphatic hydroxyl groups excluding tert-OH is 1. The minimum Gasteiger partial charge on any atom is -0.396 e. The van der Waals surface area contributed by atoms with Crippen molar-refractivity contribution in [3.05, 3.63) is 27.4 Å². The molecule has 0 aromatic carbocycles. The maximum absolute atomic E-state index is 11.9. The lowest BCUT2D eigenvalue weighted by Gasteiger charge is -2.01. The zero-order valence-electron chi connectivity index (χ0n) is 8.61. The minimum absolute atomic E-state index is 0.0586. The molecule has 0 saturated carbocycles. The van der Waals surface area contributed by atoms with E-state index in [0.29, 0.717) is 29.3 Å². The van der Waals surface area contributed by atoms with E-state index in [-0.39, 0.29) is 12.2 Å². The summed E-state index contributed by atoms with van der Waals surface area (Å²) in [6, 6.07) is 0. The number of fused-ring (bicyclic) bond motifs is 1. The molecule has 0 saturated heterocycles. The van der Waals surface area contributed by atoms with Gasteiger partial charge >= 0.3 is 0 Å². The molecule has 0 atom stereocenters. The van der Waals surface area contributed by atoms with Crippen molar-refractivity contribution in [3.63, 3.8) is 0 Å². The highest BCUT2D eigenvalue weighted by Gasteiger charge is 2.11. The molecule has 0 radical (unpaired) electrons. The Morgan fingerprint density at radius 1 is 1.40 bits per heavy atom. The van der Waals surface area contributed by atoms with E-state index in [9.17, 15) is 4.79 Å². The van der Waals surface area contributed by atoms with Crippen LogP contribution in [0.2, 0.25) is 0 Å². The Bertz CT molecular complexity index is 555. The minimum atomic E-state index is -0.188. The number of aromatic nitrogens is 4. The van der Waals surface area contributed by atoms with Crippen LogP contribution in [0.5, 0.6) is 0 Å². The van der Waals surface area contributed by atoms with Gasteiger partial charge in [-0.25, -0.2) is 4.98 Å². The van der Waals surface area contributed by atoms with Gasteiger partial charge in [-0.2, -0.15) is 9.50 Å². The highest BCUT2D eigenvalue weighted by molar-refractivity contribution is 5.31. The maximum Gasteiger partial charge on any atom is 0.277 e. The molecule has 0 aliphatic carbocycles. The second-order valence-electron chi connectivity index (χ2n) is 3.40. The van der Waals surface area contributed by atoms with E-state index in [2.05, 4.69) is 15.1 Å². The maximum atomic E-state index is 11.9. The van der Waals surface area contributed by atoms with Gasteiger partial charge in [0.1, 0.15) is 5.82 Å². The summed E-state index contributed by atoms with van der Waals surface area (Å²) in [7, 11) is 0. The molecule has 2 aromatic rings. The average Bonchev–Trinajstić information content (AvgIpc) is 2.53. The summed E-state index contributed by atoms with van der Waals surface area (Å²) >= 11 is 0. The van der Waals surface area contributed by atoms with Gasteiger partial charge in [0.05, 0.1) is 5.69 Å². The zero-order chi connectivity index (χ0) is 11.0. The van der Waals surface area contributed by atoms with Crippen molar-refractivity contribution < 1.29 is 5.11 Å². The van der Waals surface area contributed by atoms with Crippen LogP contribution < -0.4 is 5.56 Å². The second kappa shape index (κ2) is 3.47. The van der Waals surface area contributed by atoms with Gasteiger partial charge in [0.25, 0.3) is 11.3 Å². The van der Waals surface area contributed by atoms with Crippen LogP contribution in [0, 0.1) is 13.8 Å². The van der Waals surface area contributed by atoms with Gasteiger partial charge in [-0.3, -0.25) is 9.89 Å². The summed E-state index contributed by atoms with van der Waals surface area (Å²) < 4.78 is 1.30. The lowest BCUT2D eigenvalue weighted by atomic mass is 10.2. The van der Waals surface area contributed by atoms with Crippen LogP contribution in [-0.2, 0) is 6.42 Å². The Morgan fingerprint density at radius 2 is 2.13 bits per heavy atom. The van der Waals surface area contributed by atoms with Crippen molar-refractivity contribution in [2.75, 3.05) is 6.61 Å². The fourth-order valence-corrected chi connectivity index (χ4v) is 1.56. The third-order valence-corrected chi connectivity index (χ3v) is 2.27. The molecule has 15 heavy (non-hydrogen) atoms. The Balaban J connectivity index is 2.77. The average molecular weight is 208 g/mol. The summed E-state index contributed by atoms with van der Waals surface area (Å²) in [6.45, 7) is 3.45. The number of H-pyrrole nitrogens is 1. The van der Waals surface area contributed by atoms with E-state index < -0.39 is 0 Å². The number of aromatic amines is 1. The fourth-order valence-electron chi connectivity index (χ4n) is 1.56. The molecule has 0 aliphatic rings. The van der Waals surface area contributed by atoms with Crippen LogP contribution in [0.15, 0.2) is 4.79 Å². The molecule has 0 aliphatic heterocycles. The van der Waals surface area contributed by atoms with E-state index in [1.54, 1.807) is 13.8 Å². The van der Waals surface area contributed by atoms with Gasteiger partial charge in [-0.05, 0) is 13.8 Å². The van der Waals surface area contributed by atoms with Gasteiger partial charge in [0.15, 0.2) is 0 Å². The molecule has 2 rings (SSSR count). The number of nitrogens with one attached hydrogen (secondary N) is 1. The summed E-state index contributed by atoms with van der Waals surface area (Å²) in [6.07, 6.45) is 0.318. The summed E-state index contributed by atoms with van der Waals surface area (Å²) in [5.74, 6) is 1.01. The molecule has 80 valence electrons. The van der Waals surface area contributed by atoms with E-state index in [0.717, 1.165) is 0 Å². The van der Waals surface area contributed by atoms with E-state index in [4.69, 9.17) is 5.11 Å². The molecule has 6 heteroatoms. The summed E-state index contributed by atoms with van der Waals surface area (Å²) in [5.41, 5.74) is 0.964. The first kappa shape index (κ1) is 9.85. The van der Waals surface area contributed by atoms with Crippen LogP contribution in [0.3, 0.4) is 0 Å². The number of aliphatic hydroxyl groups is 1. The summed E-state index contributed by atoms with van der Waals surface area (Å²) in [5, 5.41) is 11.6. The molecule has 0 bridgehead atoms. The predicted molar refractivity (Wildman–Crippen MR) is 53.9 cm³/mol. The first-order valence-electron chi connectivity index (χ1n) is 4.69. The number of aryl methyl sites for hydroxylation is 2. The molecule has 6 nitrogen and oxygen atoms in total. The molecule has 0 fully saturated rings. The fraction of sp³-hybridized carbons (Fsp3) is 0.444. The number of nitrogens with zero attached hydrogens (tertiary/aromatic N) is 3. The molecule has 2 heterocycles. The van der Waals surface area contributed by atoms with Gasteiger partial charge in [0.2, 0.25) is 0 Å². The monoisotopic (exact) mass is 208 g/mol. The molecule has 0 amide bonds. The molecule has 0 spiro atoms.